The summed E-state index contributed by atoms with van der Waals surface area (Å²) in [4.78, 5) is -0.224. The van der Waals surface area contributed by atoms with Crippen LogP contribution < -0.4 is 5.73 Å². The van der Waals surface area contributed by atoms with E-state index in [4.69, 9.17) is 22.1 Å². The van der Waals surface area contributed by atoms with Crippen molar-refractivity contribution in [2.24, 2.45) is 5.73 Å². The Labute approximate surface area is 141 Å². The Morgan fingerprint density at radius 2 is 2.18 bits per heavy atom. The van der Waals surface area contributed by atoms with Crippen molar-refractivity contribution in [3.63, 3.8) is 0 Å². The summed E-state index contributed by atoms with van der Waals surface area (Å²) in [5, 5.41) is 0.000960. The minimum absolute atomic E-state index is 0. The number of nitrogens with zero attached hydrogens (tertiary/aromatic N) is 1. The number of nitrogens with two attached hydrogens (primary N) is 1. The van der Waals surface area contributed by atoms with Crippen molar-refractivity contribution in [2.45, 2.75) is 29.9 Å². The molecule has 2 rings (SSSR count). The van der Waals surface area contributed by atoms with Gasteiger partial charge in [0.15, 0.2) is 0 Å². The van der Waals surface area contributed by atoms with Crippen molar-refractivity contribution in [3.8, 4) is 0 Å². The first-order chi connectivity index (χ1) is 9.90. The number of sulfonamides is 1. The molecule has 1 aromatic carbocycles. The molecule has 5 nitrogen and oxygen atoms in total. The molecule has 2 unspecified atom stereocenters. The van der Waals surface area contributed by atoms with Gasteiger partial charge in [-0.15, -0.1) is 12.4 Å². The van der Waals surface area contributed by atoms with Crippen molar-refractivity contribution in [2.75, 3.05) is 20.2 Å². The van der Waals surface area contributed by atoms with E-state index in [0.29, 0.717) is 12.8 Å². The fraction of sp³-hybridized carbons (Fsp3) is 0.538. The molecule has 0 aromatic heterocycles. The van der Waals surface area contributed by atoms with Gasteiger partial charge in [0.2, 0.25) is 10.0 Å². The summed E-state index contributed by atoms with van der Waals surface area (Å²) in [6.07, 6.45) is 1.06. The molecule has 0 bridgehead atoms. The Kier molecular flexibility index (Phi) is 7.04. The number of methoxy groups -OCH3 is 1. The molecule has 0 saturated carbocycles. The van der Waals surface area contributed by atoms with E-state index in [1.807, 2.05) is 0 Å². The second-order valence-electron chi connectivity index (χ2n) is 4.96. The van der Waals surface area contributed by atoms with Crippen LogP contribution in [0.2, 0.25) is 5.02 Å². The summed E-state index contributed by atoms with van der Waals surface area (Å²) < 4.78 is 45.3. The average Bonchev–Trinajstić information content (AvgIpc) is 2.48. The molecular weight excluding hydrogens is 354 g/mol. The van der Waals surface area contributed by atoms with Gasteiger partial charge in [-0.25, -0.2) is 12.8 Å². The Morgan fingerprint density at radius 1 is 1.50 bits per heavy atom. The number of hydrogen-bond donors (Lipinski definition) is 1. The summed E-state index contributed by atoms with van der Waals surface area (Å²) in [5.74, 6) is -0.644. The van der Waals surface area contributed by atoms with E-state index in [9.17, 15) is 12.8 Å². The van der Waals surface area contributed by atoms with Crippen LogP contribution in [0.1, 0.15) is 12.8 Å². The van der Waals surface area contributed by atoms with E-state index in [1.54, 1.807) is 7.11 Å². The molecule has 1 aliphatic heterocycles. The summed E-state index contributed by atoms with van der Waals surface area (Å²) in [7, 11) is -2.29. The lowest BCUT2D eigenvalue weighted by atomic mass is 10.0. The lowest BCUT2D eigenvalue weighted by Gasteiger charge is -2.37. The predicted octanol–water partition coefficient (Wildman–Crippen LogP) is 2.03. The lowest BCUT2D eigenvalue weighted by Crippen LogP contribution is -2.51. The van der Waals surface area contributed by atoms with Crippen molar-refractivity contribution < 1.29 is 17.5 Å². The van der Waals surface area contributed by atoms with Gasteiger partial charge in [0, 0.05) is 26.2 Å². The van der Waals surface area contributed by atoms with E-state index in [0.717, 1.165) is 12.1 Å². The third kappa shape index (κ3) is 3.90. The van der Waals surface area contributed by atoms with Crippen LogP contribution in [0.15, 0.2) is 23.1 Å². The summed E-state index contributed by atoms with van der Waals surface area (Å²) in [6, 6.07) is 2.92. The fourth-order valence-electron chi connectivity index (χ4n) is 2.54. The molecule has 0 amide bonds. The predicted molar refractivity (Wildman–Crippen MR) is 85.4 cm³/mol. The minimum atomic E-state index is -3.88. The summed E-state index contributed by atoms with van der Waals surface area (Å²) in [6.45, 7) is 0.446. The van der Waals surface area contributed by atoms with Gasteiger partial charge in [0.25, 0.3) is 0 Å². The average molecular weight is 373 g/mol. The van der Waals surface area contributed by atoms with Crippen LogP contribution in [-0.4, -0.2) is 45.1 Å². The van der Waals surface area contributed by atoms with Gasteiger partial charge in [-0.05, 0) is 31.0 Å². The third-order valence-corrected chi connectivity index (χ3v) is 6.13. The van der Waals surface area contributed by atoms with Crippen molar-refractivity contribution in [1.82, 2.24) is 4.31 Å². The highest BCUT2D eigenvalue weighted by Gasteiger charge is 2.37. The van der Waals surface area contributed by atoms with Crippen LogP contribution in [-0.2, 0) is 14.8 Å². The zero-order chi connectivity index (χ0) is 15.6. The summed E-state index contributed by atoms with van der Waals surface area (Å²) >= 11 is 5.92. The quantitative estimate of drug-likeness (QED) is 0.877. The van der Waals surface area contributed by atoms with Crippen LogP contribution in [0.3, 0.4) is 0 Å². The van der Waals surface area contributed by atoms with Gasteiger partial charge in [-0.1, -0.05) is 11.6 Å². The Bertz CT molecular complexity index is 615. The van der Waals surface area contributed by atoms with E-state index >= 15 is 0 Å². The molecule has 1 aromatic rings. The van der Waals surface area contributed by atoms with E-state index in [2.05, 4.69) is 0 Å². The maximum absolute atomic E-state index is 13.4. The highest BCUT2D eigenvalue weighted by molar-refractivity contribution is 7.89. The Hall–Kier alpha value is -0.440. The van der Waals surface area contributed by atoms with Gasteiger partial charge in [0.05, 0.1) is 11.1 Å². The second kappa shape index (κ2) is 7.90. The molecule has 126 valence electrons. The SMILES string of the molecule is COC1CCN(S(=O)(=O)c2cc(F)ccc2Cl)C(CN)C1.Cl. The molecular formula is C13H19Cl2FN2O3S. The smallest absolute Gasteiger partial charge is 0.244 e. The van der Waals surface area contributed by atoms with Crippen LogP contribution in [0.4, 0.5) is 4.39 Å². The Morgan fingerprint density at radius 3 is 2.77 bits per heavy atom. The van der Waals surface area contributed by atoms with Gasteiger partial charge in [0.1, 0.15) is 10.7 Å². The van der Waals surface area contributed by atoms with Gasteiger partial charge in [-0.2, -0.15) is 4.31 Å². The molecule has 22 heavy (non-hydrogen) atoms. The van der Waals surface area contributed by atoms with E-state index < -0.39 is 15.8 Å². The highest BCUT2D eigenvalue weighted by atomic mass is 35.5. The first-order valence-corrected chi connectivity index (χ1v) is 8.41. The van der Waals surface area contributed by atoms with Crippen molar-refractivity contribution >= 4 is 34.0 Å². The Balaban J connectivity index is 0.00000242. The summed E-state index contributed by atoms with van der Waals surface area (Å²) in [5.41, 5.74) is 5.68. The van der Waals surface area contributed by atoms with E-state index in [-0.39, 0.29) is 47.6 Å². The van der Waals surface area contributed by atoms with Crippen LogP contribution in [0.5, 0.6) is 0 Å². The normalized spacial score (nSPS) is 23.1. The number of ether oxygens (including phenoxy) is 1. The second-order valence-corrected chi connectivity index (χ2v) is 7.23. The number of halogens is 3. The molecule has 9 heteroatoms. The maximum Gasteiger partial charge on any atom is 0.244 e. The molecule has 2 N–H and O–H groups in total. The van der Waals surface area contributed by atoms with E-state index in [1.165, 1.54) is 10.4 Å². The number of benzene rings is 1. The molecule has 0 spiro atoms. The molecule has 1 saturated heterocycles. The largest absolute Gasteiger partial charge is 0.381 e. The number of hydrogen-bond acceptors (Lipinski definition) is 4. The molecule has 1 fully saturated rings. The van der Waals surface area contributed by atoms with Gasteiger partial charge in [-0.3, -0.25) is 0 Å². The lowest BCUT2D eigenvalue weighted by molar-refractivity contribution is 0.0401. The number of rotatable bonds is 4. The zero-order valence-electron chi connectivity index (χ0n) is 12.0. The molecule has 1 aliphatic rings. The van der Waals surface area contributed by atoms with Gasteiger partial charge >= 0.3 is 0 Å². The van der Waals surface area contributed by atoms with Crippen molar-refractivity contribution in [3.05, 3.63) is 29.0 Å². The molecule has 2 atom stereocenters. The van der Waals surface area contributed by atoms with Gasteiger partial charge < -0.3 is 10.5 Å². The highest BCUT2D eigenvalue weighted by Crippen LogP contribution is 2.30. The van der Waals surface area contributed by atoms with Crippen LogP contribution >= 0.6 is 24.0 Å². The topological polar surface area (TPSA) is 72.6 Å². The first kappa shape index (κ1) is 19.6. The number of piperidine rings is 1. The fourth-order valence-corrected chi connectivity index (χ4v) is 4.69. The van der Waals surface area contributed by atoms with Crippen molar-refractivity contribution in [1.29, 1.82) is 0 Å². The zero-order valence-corrected chi connectivity index (χ0v) is 14.4. The molecule has 0 aliphatic carbocycles. The maximum atomic E-state index is 13.4. The monoisotopic (exact) mass is 372 g/mol. The third-order valence-electron chi connectivity index (χ3n) is 3.70. The molecule has 0 radical (unpaired) electrons. The van der Waals surface area contributed by atoms with Crippen LogP contribution in [0.25, 0.3) is 0 Å². The standard InChI is InChI=1S/C13H18ClFN2O3S.ClH/c1-20-11-4-5-17(10(7-11)8-16)21(18,19)13-6-9(15)2-3-12(13)14;/h2-3,6,10-11H,4-5,7-8,16H2,1H3;1H. The van der Waals surface area contributed by atoms with Crippen LogP contribution in [0, 0.1) is 5.82 Å². The first-order valence-electron chi connectivity index (χ1n) is 6.60. The minimum Gasteiger partial charge on any atom is -0.381 e. The molecule has 1 heterocycles.